The number of rotatable bonds is 5. The van der Waals surface area contributed by atoms with E-state index >= 15 is 0 Å². The predicted octanol–water partition coefficient (Wildman–Crippen LogP) is 4.18. The molecule has 0 saturated heterocycles. The zero-order valence-electron chi connectivity index (χ0n) is 10.7. The molecule has 1 aromatic heterocycles. The zero-order chi connectivity index (χ0) is 12.3. The molecule has 1 aliphatic rings. The maximum absolute atomic E-state index is 5.76. The van der Waals surface area contributed by atoms with Crippen molar-refractivity contribution in [3.63, 3.8) is 0 Å². The van der Waals surface area contributed by atoms with Gasteiger partial charge in [-0.3, -0.25) is 0 Å². The molecule has 0 aromatic carbocycles. The SMILES string of the molecule is CC(C)CC1(c2nnc(CCCl)s2)CCCC1. The van der Waals surface area contributed by atoms with Crippen molar-refractivity contribution in [2.75, 3.05) is 5.88 Å². The van der Waals surface area contributed by atoms with Crippen molar-refractivity contribution in [1.82, 2.24) is 10.2 Å². The normalized spacial score (nSPS) is 19.1. The van der Waals surface area contributed by atoms with Crippen molar-refractivity contribution < 1.29 is 0 Å². The lowest BCUT2D eigenvalue weighted by molar-refractivity contribution is 0.343. The quantitative estimate of drug-likeness (QED) is 0.752. The van der Waals surface area contributed by atoms with E-state index in [0.29, 0.717) is 11.3 Å². The summed E-state index contributed by atoms with van der Waals surface area (Å²) in [5.74, 6) is 1.37. The van der Waals surface area contributed by atoms with Crippen LogP contribution in [0.5, 0.6) is 0 Å². The summed E-state index contributed by atoms with van der Waals surface area (Å²) < 4.78 is 0. The molecule has 1 aliphatic carbocycles. The highest BCUT2D eigenvalue weighted by atomic mass is 35.5. The van der Waals surface area contributed by atoms with Crippen LogP contribution < -0.4 is 0 Å². The first-order chi connectivity index (χ1) is 8.16. The Balaban J connectivity index is 2.19. The van der Waals surface area contributed by atoms with Crippen LogP contribution in [0.2, 0.25) is 0 Å². The van der Waals surface area contributed by atoms with Gasteiger partial charge >= 0.3 is 0 Å². The Morgan fingerprint density at radius 3 is 2.59 bits per heavy atom. The van der Waals surface area contributed by atoms with Gasteiger partial charge in [-0.1, -0.05) is 26.7 Å². The average molecular weight is 273 g/mol. The van der Waals surface area contributed by atoms with Gasteiger partial charge in [-0.2, -0.15) is 0 Å². The highest BCUT2D eigenvalue weighted by Crippen LogP contribution is 2.46. The van der Waals surface area contributed by atoms with Gasteiger partial charge in [0.05, 0.1) is 0 Å². The third kappa shape index (κ3) is 3.00. The minimum Gasteiger partial charge on any atom is -0.143 e. The Labute approximate surface area is 113 Å². The fraction of sp³-hybridized carbons (Fsp3) is 0.846. The predicted molar refractivity (Wildman–Crippen MR) is 73.9 cm³/mol. The van der Waals surface area contributed by atoms with Gasteiger partial charge in [0.2, 0.25) is 0 Å². The highest BCUT2D eigenvalue weighted by Gasteiger charge is 2.39. The van der Waals surface area contributed by atoms with E-state index in [1.807, 2.05) is 0 Å². The van der Waals surface area contributed by atoms with Gasteiger partial charge in [0.1, 0.15) is 10.0 Å². The molecule has 17 heavy (non-hydrogen) atoms. The van der Waals surface area contributed by atoms with Crippen LogP contribution in [-0.4, -0.2) is 16.1 Å². The van der Waals surface area contributed by atoms with Gasteiger partial charge in [-0.05, 0) is 25.2 Å². The van der Waals surface area contributed by atoms with Crippen LogP contribution in [0.1, 0.15) is 56.0 Å². The largest absolute Gasteiger partial charge is 0.143 e. The smallest absolute Gasteiger partial charge is 0.123 e. The fourth-order valence-electron chi connectivity index (χ4n) is 2.99. The van der Waals surface area contributed by atoms with Gasteiger partial charge in [0.25, 0.3) is 0 Å². The third-order valence-electron chi connectivity index (χ3n) is 3.59. The summed E-state index contributed by atoms with van der Waals surface area (Å²) in [5.41, 5.74) is 0.330. The Kier molecular flexibility index (Phi) is 4.42. The summed E-state index contributed by atoms with van der Waals surface area (Å²) in [7, 11) is 0. The van der Waals surface area contributed by atoms with Crippen LogP contribution in [0.4, 0.5) is 0 Å². The van der Waals surface area contributed by atoms with Gasteiger partial charge in [0.15, 0.2) is 0 Å². The molecule has 2 nitrogen and oxygen atoms in total. The molecule has 0 unspecified atom stereocenters. The number of hydrogen-bond donors (Lipinski definition) is 0. The van der Waals surface area contributed by atoms with Gasteiger partial charge < -0.3 is 0 Å². The number of nitrogens with zero attached hydrogens (tertiary/aromatic N) is 2. The number of halogens is 1. The van der Waals surface area contributed by atoms with Crippen LogP contribution in [0.3, 0.4) is 0 Å². The second kappa shape index (κ2) is 5.66. The van der Waals surface area contributed by atoms with Crippen LogP contribution >= 0.6 is 22.9 Å². The molecule has 96 valence electrons. The molecule has 1 fully saturated rings. The summed E-state index contributed by atoms with van der Waals surface area (Å²) in [5, 5.41) is 11.1. The number of aromatic nitrogens is 2. The molecule has 0 atom stereocenters. The van der Waals surface area contributed by atoms with E-state index in [0.717, 1.165) is 17.3 Å². The van der Waals surface area contributed by atoms with Crippen LogP contribution in [0.25, 0.3) is 0 Å². The molecule has 0 spiro atoms. The monoisotopic (exact) mass is 272 g/mol. The van der Waals surface area contributed by atoms with E-state index in [4.69, 9.17) is 11.6 Å². The van der Waals surface area contributed by atoms with Crippen LogP contribution in [-0.2, 0) is 11.8 Å². The first-order valence-corrected chi connectivity index (χ1v) is 7.90. The van der Waals surface area contributed by atoms with E-state index in [-0.39, 0.29) is 0 Å². The molecule has 0 bridgehead atoms. The number of aryl methyl sites for hydroxylation is 1. The summed E-state index contributed by atoms with van der Waals surface area (Å²) >= 11 is 7.55. The van der Waals surface area contributed by atoms with E-state index < -0.39 is 0 Å². The molecule has 0 N–H and O–H groups in total. The molecule has 1 aromatic rings. The van der Waals surface area contributed by atoms with E-state index in [2.05, 4.69) is 24.0 Å². The molecular formula is C13H21ClN2S. The first-order valence-electron chi connectivity index (χ1n) is 6.55. The first kappa shape index (κ1) is 13.3. The van der Waals surface area contributed by atoms with Crippen molar-refractivity contribution in [2.45, 2.75) is 57.8 Å². The van der Waals surface area contributed by atoms with Gasteiger partial charge in [-0.15, -0.1) is 33.1 Å². The lowest BCUT2D eigenvalue weighted by Gasteiger charge is -2.27. The van der Waals surface area contributed by atoms with Crippen molar-refractivity contribution in [3.8, 4) is 0 Å². The van der Waals surface area contributed by atoms with E-state index in [1.54, 1.807) is 11.3 Å². The average Bonchev–Trinajstić information content (AvgIpc) is 2.87. The number of hydrogen-bond acceptors (Lipinski definition) is 3. The molecule has 1 saturated carbocycles. The molecule has 1 heterocycles. The zero-order valence-corrected chi connectivity index (χ0v) is 12.3. The molecule has 0 amide bonds. The second-order valence-electron chi connectivity index (χ2n) is 5.53. The lowest BCUT2D eigenvalue weighted by Crippen LogP contribution is -2.24. The molecular weight excluding hydrogens is 252 g/mol. The minimum atomic E-state index is 0.330. The van der Waals surface area contributed by atoms with E-state index in [1.165, 1.54) is 37.1 Å². The second-order valence-corrected chi connectivity index (χ2v) is 6.97. The van der Waals surface area contributed by atoms with Crippen molar-refractivity contribution in [1.29, 1.82) is 0 Å². The van der Waals surface area contributed by atoms with Gasteiger partial charge in [0, 0.05) is 17.7 Å². The van der Waals surface area contributed by atoms with Crippen molar-refractivity contribution in [2.24, 2.45) is 5.92 Å². The Bertz CT molecular complexity index is 356. The molecule has 4 heteroatoms. The van der Waals surface area contributed by atoms with Crippen molar-refractivity contribution >= 4 is 22.9 Å². The van der Waals surface area contributed by atoms with Gasteiger partial charge in [-0.25, -0.2) is 0 Å². The number of alkyl halides is 1. The maximum Gasteiger partial charge on any atom is 0.123 e. The summed E-state index contributed by atoms with van der Waals surface area (Å²) in [4.78, 5) is 0. The topological polar surface area (TPSA) is 25.8 Å². The van der Waals surface area contributed by atoms with Crippen molar-refractivity contribution in [3.05, 3.63) is 10.0 Å². The Morgan fingerprint density at radius 1 is 1.29 bits per heavy atom. The summed E-state index contributed by atoms with van der Waals surface area (Å²) in [6.45, 7) is 4.61. The Morgan fingerprint density at radius 2 is 2.00 bits per heavy atom. The van der Waals surface area contributed by atoms with Crippen LogP contribution in [0, 0.1) is 5.92 Å². The lowest BCUT2D eigenvalue weighted by atomic mass is 9.79. The maximum atomic E-state index is 5.76. The summed E-state index contributed by atoms with van der Waals surface area (Å²) in [6, 6.07) is 0. The van der Waals surface area contributed by atoms with E-state index in [9.17, 15) is 0 Å². The Hall–Kier alpha value is -0.150. The summed E-state index contributed by atoms with van der Waals surface area (Å²) in [6.07, 6.45) is 7.38. The molecule has 0 radical (unpaired) electrons. The standard InChI is InChI=1S/C13H21ClN2S/c1-10(2)9-13(6-3-4-7-13)12-16-15-11(17-12)5-8-14/h10H,3-9H2,1-2H3. The third-order valence-corrected chi connectivity index (χ3v) is 5.01. The molecule has 0 aliphatic heterocycles. The van der Waals surface area contributed by atoms with Crippen LogP contribution in [0.15, 0.2) is 0 Å². The minimum absolute atomic E-state index is 0.330. The highest BCUT2D eigenvalue weighted by molar-refractivity contribution is 7.11. The molecule has 2 rings (SSSR count). The fourth-order valence-corrected chi connectivity index (χ4v) is 4.37.